The Morgan fingerprint density at radius 2 is 2.16 bits per heavy atom. The lowest BCUT2D eigenvalue weighted by atomic mass is 9.55. The first-order valence-corrected chi connectivity index (χ1v) is 12.4. The minimum absolute atomic E-state index is 0.00912. The highest BCUT2D eigenvalue weighted by atomic mass is 16.6. The molecule has 2 saturated carbocycles. The molecule has 2 saturated heterocycles. The molecular weight excluding hydrogens is 400 g/mol. The molecule has 5 heteroatoms. The smallest absolute Gasteiger partial charge is 0.310 e. The number of nitrogens with zero attached hydrogens (tertiary/aromatic N) is 2. The average Bonchev–Trinajstić information content (AvgIpc) is 3.06. The number of hydrogen-bond donors (Lipinski definition) is 0. The molecule has 0 radical (unpaired) electrons. The summed E-state index contributed by atoms with van der Waals surface area (Å²) in [5.41, 5.74) is 2.89. The molecule has 174 valence electrons. The molecule has 5 rings (SSSR count). The Morgan fingerprint density at radius 3 is 2.94 bits per heavy atom. The number of carbonyl (C=O) groups is 1. The van der Waals surface area contributed by atoms with E-state index in [1.165, 1.54) is 24.1 Å². The van der Waals surface area contributed by atoms with Crippen LogP contribution in [-0.2, 0) is 9.53 Å². The fourth-order valence-corrected chi connectivity index (χ4v) is 7.11. The molecule has 2 aliphatic carbocycles. The largest absolute Gasteiger partial charge is 0.497 e. The molecule has 1 aromatic rings. The molecule has 2 aliphatic heterocycles. The molecule has 6 atom stereocenters. The van der Waals surface area contributed by atoms with Gasteiger partial charge in [-0.25, -0.2) is 0 Å². The summed E-state index contributed by atoms with van der Waals surface area (Å²) in [6, 6.07) is 8.70. The van der Waals surface area contributed by atoms with E-state index in [1.807, 2.05) is 6.07 Å². The predicted octanol–water partition coefficient (Wildman–Crippen LogP) is 4.52. The molecular formula is C27H38N2O3. The van der Waals surface area contributed by atoms with E-state index in [-0.39, 0.29) is 23.4 Å². The van der Waals surface area contributed by atoms with Crippen LogP contribution in [0.5, 0.6) is 5.75 Å². The Balaban J connectivity index is 1.25. The number of piperazine rings is 1. The number of benzene rings is 1. The minimum Gasteiger partial charge on any atom is -0.497 e. The normalized spacial score (nSPS) is 37.6. The number of anilines is 1. The van der Waals surface area contributed by atoms with E-state index in [0.717, 1.165) is 51.2 Å². The third-order valence-corrected chi connectivity index (χ3v) is 8.87. The molecule has 4 fully saturated rings. The van der Waals surface area contributed by atoms with Crippen molar-refractivity contribution in [1.82, 2.24) is 4.90 Å². The fourth-order valence-electron chi connectivity index (χ4n) is 7.11. The van der Waals surface area contributed by atoms with Crippen LogP contribution >= 0.6 is 0 Å². The van der Waals surface area contributed by atoms with Crippen molar-refractivity contribution in [3.63, 3.8) is 0 Å². The van der Waals surface area contributed by atoms with E-state index in [4.69, 9.17) is 9.47 Å². The van der Waals surface area contributed by atoms with Crippen molar-refractivity contribution in [3.05, 3.63) is 36.4 Å². The first-order chi connectivity index (χ1) is 15.4. The SMILES string of the molecule is C=C1CCC[C@]2(C)C[C@H]3OC(=O)[C@@H](CN4CCN(c5cccc(OC)c5)[C@@H](C)C4)[C@@H]3C[C@@H]12. The van der Waals surface area contributed by atoms with Crippen LogP contribution < -0.4 is 9.64 Å². The number of esters is 1. The highest BCUT2D eigenvalue weighted by molar-refractivity contribution is 5.75. The van der Waals surface area contributed by atoms with Gasteiger partial charge in [0, 0.05) is 49.9 Å². The lowest BCUT2D eigenvalue weighted by Gasteiger charge is -2.50. The number of methoxy groups -OCH3 is 1. The van der Waals surface area contributed by atoms with Gasteiger partial charge in [-0.3, -0.25) is 9.69 Å². The Hall–Kier alpha value is -2.01. The van der Waals surface area contributed by atoms with E-state index in [1.54, 1.807) is 7.11 Å². The zero-order valence-corrected chi connectivity index (χ0v) is 19.9. The van der Waals surface area contributed by atoms with Gasteiger partial charge in [0.1, 0.15) is 11.9 Å². The van der Waals surface area contributed by atoms with Crippen molar-refractivity contribution in [2.24, 2.45) is 23.2 Å². The number of fused-ring (bicyclic) bond motifs is 2. The lowest BCUT2D eigenvalue weighted by Crippen LogP contribution is -2.54. The first-order valence-electron chi connectivity index (χ1n) is 12.4. The Kier molecular flexibility index (Phi) is 5.73. The second-order valence-electron chi connectivity index (χ2n) is 10.9. The summed E-state index contributed by atoms with van der Waals surface area (Å²) in [7, 11) is 1.71. The van der Waals surface area contributed by atoms with Crippen molar-refractivity contribution in [2.75, 3.05) is 38.2 Å². The summed E-state index contributed by atoms with van der Waals surface area (Å²) in [5.74, 6) is 1.84. The summed E-state index contributed by atoms with van der Waals surface area (Å²) < 4.78 is 11.4. The minimum atomic E-state index is 0.00912. The van der Waals surface area contributed by atoms with Crippen LogP contribution in [0, 0.1) is 23.2 Å². The number of rotatable bonds is 4. The summed E-state index contributed by atoms with van der Waals surface area (Å²) >= 11 is 0. The van der Waals surface area contributed by atoms with Gasteiger partial charge in [0.25, 0.3) is 0 Å². The van der Waals surface area contributed by atoms with Gasteiger partial charge >= 0.3 is 5.97 Å². The Morgan fingerprint density at radius 1 is 1.31 bits per heavy atom. The summed E-state index contributed by atoms with van der Waals surface area (Å²) in [6.07, 6.45) is 5.83. The van der Waals surface area contributed by atoms with Crippen LogP contribution in [0.15, 0.2) is 36.4 Å². The van der Waals surface area contributed by atoms with Gasteiger partial charge < -0.3 is 14.4 Å². The van der Waals surface area contributed by atoms with E-state index < -0.39 is 0 Å². The molecule has 4 aliphatic rings. The van der Waals surface area contributed by atoms with Crippen molar-refractivity contribution in [2.45, 2.75) is 58.1 Å². The van der Waals surface area contributed by atoms with Gasteiger partial charge in [0.05, 0.1) is 13.0 Å². The fraction of sp³-hybridized carbons (Fsp3) is 0.667. The van der Waals surface area contributed by atoms with Crippen molar-refractivity contribution in [3.8, 4) is 5.75 Å². The zero-order valence-electron chi connectivity index (χ0n) is 19.9. The van der Waals surface area contributed by atoms with Crippen LogP contribution in [0.25, 0.3) is 0 Å². The van der Waals surface area contributed by atoms with Gasteiger partial charge in [-0.05, 0) is 62.5 Å². The van der Waals surface area contributed by atoms with Gasteiger partial charge in [0.15, 0.2) is 0 Å². The van der Waals surface area contributed by atoms with E-state index in [2.05, 4.69) is 48.4 Å². The standard InChI is InChI=1S/C27H38N2O3/c1-18-7-6-10-27(3)15-25-22(14-24(18)27)23(26(30)32-25)17-28-11-12-29(19(2)16-28)20-8-5-9-21(13-20)31-4/h5,8-9,13,19,22-25H,1,6-7,10-12,14-17H2,2-4H3/t19-,22-,23-,24-,25+,27+/m0/s1. The topological polar surface area (TPSA) is 42.0 Å². The highest BCUT2D eigenvalue weighted by Gasteiger charge is 2.55. The number of hydrogen-bond acceptors (Lipinski definition) is 5. The van der Waals surface area contributed by atoms with E-state index >= 15 is 0 Å². The third kappa shape index (κ3) is 3.83. The molecule has 0 unspecified atom stereocenters. The molecule has 2 heterocycles. The summed E-state index contributed by atoms with van der Waals surface area (Å²) in [5, 5.41) is 0. The molecule has 32 heavy (non-hydrogen) atoms. The number of ether oxygens (including phenoxy) is 2. The van der Waals surface area contributed by atoms with E-state index in [0.29, 0.717) is 17.9 Å². The first kappa shape index (κ1) is 21.8. The van der Waals surface area contributed by atoms with Crippen LogP contribution in [-0.4, -0.2) is 56.3 Å². The highest BCUT2D eigenvalue weighted by Crippen LogP contribution is 2.57. The monoisotopic (exact) mass is 438 g/mol. The molecule has 0 aromatic heterocycles. The van der Waals surface area contributed by atoms with Gasteiger partial charge in [0.2, 0.25) is 0 Å². The number of carbonyl (C=O) groups excluding carboxylic acids is 1. The lowest BCUT2D eigenvalue weighted by molar-refractivity contribution is -0.146. The van der Waals surface area contributed by atoms with Gasteiger partial charge in [-0.1, -0.05) is 25.1 Å². The van der Waals surface area contributed by atoms with Gasteiger partial charge in [-0.2, -0.15) is 0 Å². The van der Waals surface area contributed by atoms with Crippen LogP contribution in [0.4, 0.5) is 5.69 Å². The quantitative estimate of drug-likeness (QED) is 0.511. The second kappa shape index (κ2) is 8.40. The second-order valence-corrected chi connectivity index (χ2v) is 10.9. The van der Waals surface area contributed by atoms with Crippen molar-refractivity contribution < 1.29 is 14.3 Å². The Bertz CT molecular complexity index is 885. The summed E-state index contributed by atoms with van der Waals surface area (Å²) in [6.45, 7) is 12.8. The molecule has 0 amide bonds. The van der Waals surface area contributed by atoms with Crippen LogP contribution in [0.2, 0.25) is 0 Å². The third-order valence-electron chi connectivity index (χ3n) is 8.87. The predicted molar refractivity (Wildman–Crippen MR) is 127 cm³/mol. The van der Waals surface area contributed by atoms with Crippen molar-refractivity contribution in [1.29, 1.82) is 0 Å². The maximum absolute atomic E-state index is 12.9. The molecule has 1 aromatic carbocycles. The zero-order chi connectivity index (χ0) is 22.5. The molecule has 0 N–H and O–H groups in total. The maximum atomic E-state index is 12.9. The van der Waals surface area contributed by atoms with Crippen LogP contribution in [0.3, 0.4) is 0 Å². The molecule has 5 nitrogen and oxygen atoms in total. The average molecular weight is 439 g/mol. The summed E-state index contributed by atoms with van der Waals surface area (Å²) in [4.78, 5) is 17.9. The Labute approximate surface area is 192 Å². The molecule has 0 spiro atoms. The molecule has 0 bridgehead atoms. The van der Waals surface area contributed by atoms with Gasteiger partial charge in [-0.15, -0.1) is 0 Å². The van der Waals surface area contributed by atoms with E-state index in [9.17, 15) is 4.79 Å². The maximum Gasteiger partial charge on any atom is 0.310 e. The number of allylic oxidation sites excluding steroid dienone is 1. The van der Waals surface area contributed by atoms with Crippen LogP contribution in [0.1, 0.15) is 46.0 Å². The van der Waals surface area contributed by atoms with Crippen molar-refractivity contribution >= 4 is 11.7 Å².